The van der Waals surface area contributed by atoms with Crippen LogP contribution < -0.4 is 5.32 Å². The maximum atomic E-state index is 13.4. The molecule has 540 valence electrons. The summed E-state index contributed by atoms with van der Waals surface area (Å²) in [6, 6.07) is -0.997. The van der Waals surface area contributed by atoms with Crippen LogP contribution in [0.1, 0.15) is 258 Å². The highest BCUT2D eigenvalue weighted by atomic mass is 16.8. The first-order valence-electron chi connectivity index (χ1n) is 36.7. The second-order valence-corrected chi connectivity index (χ2v) is 26.0. The minimum absolute atomic E-state index is 0.227. The fourth-order valence-corrected chi connectivity index (χ4v) is 12.1. The van der Waals surface area contributed by atoms with E-state index >= 15 is 0 Å². The summed E-state index contributed by atoms with van der Waals surface area (Å²) in [6.45, 7) is 1.62. The SMILES string of the molecule is CC/C=C\C/C=C\C/C=C\C/C=C\CCCCCCCCCCCCC(=O)NC(COC1OC(CO)C(OC2OC(CO)C(OC3OC(CO)C(O)C(O)C3O)C(O)C2O)C(O)C1O)C(O)/C=C/CC/C=C/CCCCCCCCCCCCCCCCCCCCC. The van der Waals surface area contributed by atoms with Crippen molar-refractivity contribution in [1.82, 2.24) is 5.32 Å². The van der Waals surface area contributed by atoms with E-state index in [4.69, 9.17) is 28.4 Å². The first kappa shape index (κ1) is 84.5. The molecule has 3 aliphatic rings. The van der Waals surface area contributed by atoms with Crippen molar-refractivity contribution in [2.45, 2.75) is 362 Å². The summed E-state index contributed by atoms with van der Waals surface area (Å²) >= 11 is 0. The summed E-state index contributed by atoms with van der Waals surface area (Å²) in [7, 11) is 0. The molecule has 0 aliphatic carbocycles. The van der Waals surface area contributed by atoms with Crippen molar-refractivity contribution in [3.63, 3.8) is 0 Å². The molecule has 0 saturated carbocycles. The van der Waals surface area contributed by atoms with Gasteiger partial charge in [0.05, 0.1) is 38.6 Å². The van der Waals surface area contributed by atoms with Crippen molar-refractivity contribution < 1.29 is 89.4 Å². The number of hydrogen-bond acceptors (Lipinski definition) is 18. The topological polar surface area (TPSA) is 307 Å². The number of allylic oxidation sites excluding steroid dienone is 11. The molecule has 93 heavy (non-hydrogen) atoms. The fourth-order valence-electron chi connectivity index (χ4n) is 12.1. The Morgan fingerprint density at radius 2 is 0.753 bits per heavy atom. The Morgan fingerprint density at radius 3 is 1.20 bits per heavy atom. The van der Waals surface area contributed by atoms with Gasteiger partial charge in [-0.2, -0.15) is 0 Å². The van der Waals surface area contributed by atoms with Crippen molar-refractivity contribution in [1.29, 1.82) is 0 Å². The number of carbonyl (C=O) groups is 1. The number of aliphatic hydroxyl groups excluding tert-OH is 11. The Morgan fingerprint density at radius 1 is 0.398 bits per heavy atom. The van der Waals surface area contributed by atoms with Gasteiger partial charge in [0, 0.05) is 6.42 Å². The smallest absolute Gasteiger partial charge is 0.220 e. The molecule has 0 spiro atoms. The van der Waals surface area contributed by atoms with E-state index in [-0.39, 0.29) is 18.9 Å². The number of aliphatic hydroxyl groups is 11. The van der Waals surface area contributed by atoms with Gasteiger partial charge in [-0.05, 0) is 70.6 Å². The fraction of sp³-hybridized carbons (Fsp3) is 0.824. The number of rotatable bonds is 56. The summed E-state index contributed by atoms with van der Waals surface area (Å²) in [5.41, 5.74) is 0. The molecule has 3 rings (SSSR count). The standard InChI is InChI=1S/C74H131NO18/c1-3-5-7-9-11-13-15-17-19-21-23-25-27-28-30-31-33-35-37-39-41-43-45-47-49-51-58(79)57(75-62(80)52-50-48-46-44-42-40-38-36-34-32-29-26-24-22-20-18-16-14-12-10-8-6-4-2)56-88-72-68(86)65(83)70(60(54-77)90-72)93-74-69(87)66(84)71(61(55-78)91-74)92-73-67(85)64(82)63(81)59(53-76)89-73/h6,8,12,14,18,20,24,26,41,43,49,51,57-61,63-74,76-79,81-87H,3-5,7,9-11,13,15-17,19,21-23,25,27-40,42,44-48,50,52-56H2,1-2H3,(H,75,80)/b8-6-,14-12-,20-18-,26-24-,43-41+,51-49+. The zero-order valence-electron chi connectivity index (χ0n) is 57.2. The average molecular weight is 1320 g/mol. The molecule has 0 bridgehead atoms. The third-order valence-electron chi connectivity index (χ3n) is 18.0. The highest BCUT2D eigenvalue weighted by Crippen LogP contribution is 2.33. The van der Waals surface area contributed by atoms with E-state index in [9.17, 15) is 61.0 Å². The van der Waals surface area contributed by atoms with Gasteiger partial charge in [0.1, 0.15) is 73.2 Å². The van der Waals surface area contributed by atoms with Crippen LogP contribution in [0, 0.1) is 0 Å². The maximum absolute atomic E-state index is 13.4. The molecule has 0 aromatic rings. The number of hydrogen-bond donors (Lipinski definition) is 12. The molecule has 0 radical (unpaired) electrons. The maximum Gasteiger partial charge on any atom is 0.220 e. The molecule has 3 fully saturated rings. The molecule has 3 aliphatic heterocycles. The third kappa shape index (κ3) is 36.6. The molecule has 0 aromatic carbocycles. The first-order valence-corrected chi connectivity index (χ1v) is 36.7. The highest BCUT2D eigenvalue weighted by Gasteiger charge is 2.53. The van der Waals surface area contributed by atoms with Crippen molar-refractivity contribution in [2.75, 3.05) is 26.4 Å². The number of nitrogens with one attached hydrogen (secondary N) is 1. The normalized spacial score (nSPS) is 27.9. The average Bonchev–Trinajstić information content (AvgIpc) is 0.814. The van der Waals surface area contributed by atoms with Gasteiger partial charge >= 0.3 is 0 Å². The zero-order chi connectivity index (χ0) is 67.5. The van der Waals surface area contributed by atoms with Crippen molar-refractivity contribution >= 4 is 5.91 Å². The van der Waals surface area contributed by atoms with Crippen molar-refractivity contribution in [3.8, 4) is 0 Å². The van der Waals surface area contributed by atoms with Crippen LogP contribution in [-0.2, 0) is 33.2 Å². The molecular formula is C74H131NO18. The number of ether oxygens (including phenoxy) is 6. The van der Waals surface area contributed by atoms with Crippen LogP contribution in [0.5, 0.6) is 0 Å². The second kappa shape index (κ2) is 55.1. The largest absolute Gasteiger partial charge is 0.394 e. The highest BCUT2D eigenvalue weighted by molar-refractivity contribution is 5.76. The molecular weight excluding hydrogens is 1190 g/mol. The van der Waals surface area contributed by atoms with Crippen LogP contribution >= 0.6 is 0 Å². The molecule has 12 N–H and O–H groups in total. The Labute approximate surface area is 559 Å². The van der Waals surface area contributed by atoms with E-state index in [0.717, 1.165) is 77.0 Å². The van der Waals surface area contributed by atoms with Gasteiger partial charge in [-0.15, -0.1) is 0 Å². The summed E-state index contributed by atoms with van der Waals surface area (Å²) in [5, 5.41) is 121. The Hall–Kier alpha value is -2.77. The molecule has 17 unspecified atom stereocenters. The van der Waals surface area contributed by atoms with E-state index in [1.807, 2.05) is 6.08 Å². The van der Waals surface area contributed by atoms with E-state index in [2.05, 4.69) is 79.9 Å². The summed E-state index contributed by atoms with van der Waals surface area (Å²) in [5.74, 6) is -0.291. The lowest BCUT2D eigenvalue weighted by Gasteiger charge is -2.48. The van der Waals surface area contributed by atoms with Crippen LogP contribution in [-0.4, -0.2) is 193 Å². The Balaban J connectivity index is 1.44. The summed E-state index contributed by atoms with van der Waals surface area (Å²) in [6.07, 6.45) is 43.0. The minimum atomic E-state index is -1.98. The molecule has 0 aromatic heterocycles. The number of unbranched alkanes of at least 4 members (excludes halogenated alkanes) is 30. The minimum Gasteiger partial charge on any atom is -0.394 e. The van der Waals surface area contributed by atoms with Gasteiger partial charge < -0.3 is 89.9 Å². The monoisotopic (exact) mass is 1320 g/mol. The van der Waals surface area contributed by atoms with Crippen LogP contribution in [0.4, 0.5) is 0 Å². The van der Waals surface area contributed by atoms with Crippen LogP contribution in [0.3, 0.4) is 0 Å². The lowest BCUT2D eigenvalue weighted by Crippen LogP contribution is -2.66. The molecule has 17 atom stereocenters. The number of carbonyl (C=O) groups excluding carboxylic acids is 1. The van der Waals surface area contributed by atoms with Gasteiger partial charge in [-0.1, -0.05) is 254 Å². The third-order valence-corrected chi connectivity index (χ3v) is 18.0. The van der Waals surface area contributed by atoms with Gasteiger partial charge in [0.15, 0.2) is 18.9 Å². The molecule has 3 heterocycles. The lowest BCUT2D eigenvalue weighted by molar-refractivity contribution is -0.379. The van der Waals surface area contributed by atoms with Crippen LogP contribution in [0.25, 0.3) is 0 Å². The van der Waals surface area contributed by atoms with Gasteiger partial charge in [-0.3, -0.25) is 4.79 Å². The zero-order valence-corrected chi connectivity index (χ0v) is 57.2. The van der Waals surface area contributed by atoms with E-state index in [0.29, 0.717) is 12.8 Å². The lowest BCUT2D eigenvalue weighted by atomic mass is 9.96. The van der Waals surface area contributed by atoms with Gasteiger partial charge in [0.25, 0.3) is 0 Å². The van der Waals surface area contributed by atoms with E-state index in [1.54, 1.807) is 6.08 Å². The predicted molar refractivity (Wildman–Crippen MR) is 365 cm³/mol. The van der Waals surface area contributed by atoms with E-state index < -0.39 is 124 Å². The summed E-state index contributed by atoms with van der Waals surface area (Å²) < 4.78 is 34.4. The summed E-state index contributed by atoms with van der Waals surface area (Å²) in [4.78, 5) is 13.4. The molecule has 19 nitrogen and oxygen atoms in total. The van der Waals surface area contributed by atoms with Gasteiger partial charge in [-0.25, -0.2) is 0 Å². The Bertz CT molecular complexity index is 1970. The van der Waals surface area contributed by atoms with Gasteiger partial charge in [0.2, 0.25) is 5.91 Å². The van der Waals surface area contributed by atoms with Crippen molar-refractivity contribution in [2.24, 2.45) is 0 Å². The van der Waals surface area contributed by atoms with Crippen LogP contribution in [0.15, 0.2) is 72.9 Å². The van der Waals surface area contributed by atoms with Crippen LogP contribution in [0.2, 0.25) is 0 Å². The first-order chi connectivity index (χ1) is 45.3. The second-order valence-electron chi connectivity index (χ2n) is 26.0. The molecule has 19 heteroatoms. The predicted octanol–water partition coefficient (Wildman–Crippen LogP) is 10.5. The molecule has 1 amide bonds. The quantitative estimate of drug-likeness (QED) is 0.0199. The Kier molecular flexibility index (Phi) is 50.1. The molecule has 3 saturated heterocycles. The van der Waals surface area contributed by atoms with Crippen molar-refractivity contribution in [3.05, 3.63) is 72.9 Å². The number of amides is 1. The van der Waals surface area contributed by atoms with E-state index in [1.165, 1.54) is 148 Å².